The molecule has 122 valence electrons. The average Bonchev–Trinajstić information content (AvgIpc) is 3.03. The number of aromatic nitrogens is 3. The summed E-state index contributed by atoms with van der Waals surface area (Å²) in [5.41, 5.74) is 4.04. The van der Waals surface area contributed by atoms with Crippen molar-refractivity contribution in [3.05, 3.63) is 40.5 Å². The molecule has 23 heavy (non-hydrogen) atoms. The van der Waals surface area contributed by atoms with Crippen molar-refractivity contribution in [3.63, 3.8) is 0 Å². The van der Waals surface area contributed by atoms with Crippen molar-refractivity contribution in [2.24, 2.45) is 0 Å². The van der Waals surface area contributed by atoms with Crippen LogP contribution in [0.2, 0.25) is 0 Å². The molecule has 0 aliphatic heterocycles. The zero-order valence-electron chi connectivity index (χ0n) is 14.1. The van der Waals surface area contributed by atoms with E-state index >= 15 is 0 Å². The number of hydrogen-bond acceptors (Lipinski definition) is 4. The molecule has 0 saturated heterocycles. The Kier molecular flexibility index (Phi) is 4.25. The van der Waals surface area contributed by atoms with Gasteiger partial charge in [-0.05, 0) is 17.4 Å². The predicted molar refractivity (Wildman–Crippen MR) is 94.9 cm³/mol. The second-order valence-corrected chi connectivity index (χ2v) is 7.87. The molecule has 2 aromatic heterocycles. The van der Waals surface area contributed by atoms with Crippen LogP contribution in [0.3, 0.4) is 0 Å². The van der Waals surface area contributed by atoms with Gasteiger partial charge in [-0.15, -0.1) is 0 Å². The first-order valence-corrected chi connectivity index (χ1v) is 8.84. The third kappa shape index (κ3) is 3.03. The number of rotatable bonds is 4. The summed E-state index contributed by atoms with van der Waals surface area (Å²) in [6.45, 7) is 8.68. The Morgan fingerprint density at radius 1 is 1.17 bits per heavy atom. The monoisotopic (exact) mass is 329 g/mol. The third-order valence-corrected chi connectivity index (χ3v) is 4.94. The van der Waals surface area contributed by atoms with Crippen LogP contribution in [0.1, 0.15) is 50.4 Å². The first-order valence-electron chi connectivity index (χ1n) is 8.03. The van der Waals surface area contributed by atoms with Crippen LogP contribution in [-0.2, 0) is 18.4 Å². The number of nitrogens with zero attached hydrogens (tertiary/aromatic N) is 3. The number of benzene rings is 1. The highest BCUT2D eigenvalue weighted by molar-refractivity contribution is 7.16. The Morgan fingerprint density at radius 3 is 2.43 bits per heavy atom. The zero-order valence-corrected chi connectivity index (χ0v) is 14.9. The second-order valence-electron chi connectivity index (χ2n) is 6.83. The van der Waals surface area contributed by atoms with Crippen molar-refractivity contribution in [1.29, 1.82) is 0 Å². The minimum absolute atomic E-state index is 0.0627. The van der Waals surface area contributed by atoms with Gasteiger partial charge in [0.25, 0.3) is 0 Å². The van der Waals surface area contributed by atoms with Crippen molar-refractivity contribution in [1.82, 2.24) is 14.6 Å². The molecule has 1 aromatic carbocycles. The highest BCUT2D eigenvalue weighted by atomic mass is 32.1. The van der Waals surface area contributed by atoms with Crippen LogP contribution in [0.15, 0.2) is 24.3 Å². The van der Waals surface area contributed by atoms with Gasteiger partial charge in [0.1, 0.15) is 5.01 Å². The first kappa shape index (κ1) is 16.1. The minimum Gasteiger partial charge on any atom is -0.390 e. The van der Waals surface area contributed by atoms with Crippen molar-refractivity contribution in [2.45, 2.75) is 52.6 Å². The molecule has 5 heteroatoms. The topological polar surface area (TPSA) is 50.4 Å². The predicted octanol–water partition coefficient (Wildman–Crippen LogP) is 4.20. The van der Waals surface area contributed by atoms with Gasteiger partial charge in [0.15, 0.2) is 0 Å². The summed E-state index contributed by atoms with van der Waals surface area (Å²) in [7, 11) is 0. The largest absolute Gasteiger partial charge is 0.390 e. The number of aryl methyl sites for hydroxylation is 1. The molecule has 0 aliphatic rings. The van der Waals surface area contributed by atoms with Crippen LogP contribution in [-0.4, -0.2) is 19.7 Å². The maximum Gasteiger partial charge on any atom is 0.213 e. The molecule has 0 spiro atoms. The highest BCUT2D eigenvalue weighted by Gasteiger charge is 2.18. The van der Waals surface area contributed by atoms with Crippen LogP contribution >= 0.6 is 11.3 Å². The zero-order chi connectivity index (χ0) is 16.6. The van der Waals surface area contributed by atoms with E-state index in [1.807, 2.05) is 0 Å². The van der Waals surface area contributed by atoms with E-state index in [1.54, 1.807) is 15.9 Å². The molecule has 3 aromatic rings. The summed E-state index contributed by atoms with van der Waals surface area (Å²) in [6, 6.07) is 8.44. The maximum atomic E-state index is 9.79. The summed E-state index contributed by atoms with van der Waals surface area (Å²) in [6.07, 6.45) is 2.01. The number of aliphatic hydroxyl groups is 1. The van der Waals surface area contributed by atoms with E-state index in [1.165, 1.54) is 5.56 Å². The lowest BCUT2D eigenvalue weighted by atomic mass is 9.86. The Bertz CT molecular complexity index is 809. The molecule has 0 atom stereocenters. The van der Waals surface area contributed by atoms with Gasteiger partial charge in [-0.25, -0.2) is 9.50 Å². The lowest BCUT2D eigenvalue weighted by Gasteiger charge is -2.19. The van der Waals surface area contributed by atoms with Gasteiger partial charge >= 0.3 is 0 Å². The number of hydrogen-bond donors (Lipinski definition) is 1. The van der Waals surface area contributed by atoms with E-state index in [0.717, 1.165) is 39.8 Å². The van der Waals surface area contributed by atoms with Crippen molar-refractivity contribution in [3.8, 4) is 11.3 Å². The van der Waals surface area contributed by atoms with E-state index in [-0.39, 0.29) is 12.0 Å². The molecule has 1 N–H and O–H groups in total. The quantitative estimate of drug-likeness (QED) is 0.780. The molecular formula is C18H23N3OS. The Labute approximate surface area is 140 Å². The standard InChI is InChI=1S/C18H23N3OS/c1-5-6-15-20-21-14(11-22)16(19-17(21)23-15)12-7-9-13(10-8-12)18(2,3)4/h7-10,22H,5-6,11H2,1-4H3. The summed E-state index contributed by atoms with van der Waals surface area (Å²) in [4.78, 5) is 5.56. The van der Waals surface area contributed by atoms with Gasteiger partial charge in [0.05, 0.1) is 18.0 Å². The van der Waals surface area contributed by atoms with Gasteiger partial charge in [-0.1, -0.05) is 63.3 Å². The smallest absolute Gasteiger partial charge is 0.213 e. The van der Waals surface area contributed by atoms with Crippen LogP contribution in [0.25, 0.3) is 16.2 Å². The Hall–Kier alpha value is -1.72. The van der Waals surface area contributed by atoms with Crippen LogP contribution < -0.4 is 0 Å². The van der Waals surface area contributed by atoms with Crippen LogP contribution in [0.5, 0.6) is 0 Å². The molecule has 0 radical (unpaired) electrons. The lowest BCUT2D eigenvalue weighted by Crippen LogP contribution is -2.10. The molecule has 2 heterocycles. The van der Waals surface area contributed by atoms with Gasteiger partial charge in [-0.2, -0.15) is 5.10 Å². The fourth-order valence-corrected chi connectivity index (χ4v) is 3.66. The van der Waals surface area contributed by atoms with Crippen LogP contribution in [0, 0.1) is 0 Å². The van der Waals surface area contributed by atoms with E-state index in [4.69, 9.17) is 4.98 Å². The lowest BCUT2D eigenvalue weighted by molar-refractivity contribution is 0.275. The maximum absolute atomic E-state index is 9.79. The number of aliphatic hydroxyl groups excluding tert-OH is 1. The highest BCUT2D eigenvalue weighted by Crippen LogP contribution is 2.30. The van der Waals surface area contributed by atoms with Crippen molar-refractivity contribution < 1.29 is 5.11 Å². The second kappa shape index (κ2) is 6.06. The Balaban J connectivity index is 2.03. The molecule has 0 saturated carbocycles. The fraction of sp³-hybridized carbons (Fsp3) is 0.444. The van der Waals surface area contributed by atoms with Crippen molar-refractivity contribution in [2.75, 3.05) is 0 Å². The van der Waals surface area contributed by atoms with Gasteiger partial charge < -0.3 is 5.11 Å². The first-order chi connectivity index (χ1) is 10.9. The average molecular weight is 329 g/mol. The van der Waals surface area contributed by atoms with E-state index < -0.39 is 0 Å². The summed E-state index contributed by atoms with van der Waals surface area (Å²) in [5, 5.41) is 15.5. The molecule has 0 amide bonds. The molecular weight excluding hydrogens is 306 g/mol. The van der Waals surface area contributed by atoms with Gasteiger partial charge in [0, 0.05) is 12.0 Å². The normalized spacial score (nSPS) is 12.2. The summed E-state index contributed by atoms with van der Waals surface area (Å²) >= 11 is 1.60. The minimum atomic E-state index is -0.0627. The van der Waals surface area contributed by atoms with Gasteiger partial charge in [-0.3, -0.25) is 0 Å². The molecule has 3 rings (SSSR count). The molecule has 0 fully saturated rings. The number of fused-ring (bicyclic) bond motifs is 1. The van der Waals surface area contributed by atoms with E-state index in [9.17, 15) is 5.11 Å². The van der Waals surface area contributed by atoms with E-state index in [2.05, 4.69) is 57.1 Å². The summed E-state index contributed by atoms with van der Waals surface area (Å²) < 4.78 is 1.79. The third-order valence-electron chi connectivity index (χ3n) is 3.98. The fourth-order valence-electron chi connectivity index (χ4n) is 2.65. The Morgan fingerprint density at radius 2 is 1.87 bits per heavy atom. The molecule has 0 aliphatic carbocycles. The van der Waals surface area contributed by atoms with E-state index in [0.29, 0.717) is 0 Å². The van der Waals surface area contributed by atoms with Crippen molar-refractivity contribution >= 4 is 16.3 Å². The molecule has 0 bridgehead atoms. The summed E-state index contributed by atoms with van der Waals surface area (Å²) in [5.74, 6) is 0. The molecule has 0 unspecified atom stereocenters. The SMILES string of the molecule is CCCc1nn2c(CO)c(-c3ccc(C(C)(C)C)cc3)nc2s1. The number of imidazole rings is 1. The van der Waals surface area contributed by atoms with Crippen LogP contribution in [0.4, 0.5) is 0 Å². The van der Waals surface area contributed by atoms with Gasteiger partial charge in [0.2, 0.25) is 4.96 Å². The molecule has 4 nitrogen and oxygen atoms in total.